The standard InChI is InChI=1S/C26H22ClN3O/c27-20-10-12-21(13-11-20)29-14-16-30(17-15-29)26(31)23-18-25(19-6-2-1-3-7-19)28-24-9-5-4-8-22(23)24/h1-13,18H,14-17H2. The van der Waals surface area contributed by atoms with Crippen LogP contribution < -0.4 is 4.90 Å². The molecule has 154 valence electrons. The number of anilines is 1. The largest absolute Gasteiger partial charge is 0.368 e. The predicted octanol–water partition coefficient (Wildman–Crippen LogP) is 5.52. The molecule has 1 fully saturated rings. The normalized spacial score (nSPS) is 14.1. The Bertz CT molecular complexity index is 1220. The highest BCUT2D eigenvalue weighted by molar-refractivity contribution is 6.30. The van der Waals surface area contributed by atoms with Crippen LogP contribution in [-0.2, 0) is 0 Å². The minimum Gasteiger partial charge on any atom is -0.368 e. The van der Waals surface area contributed by atoms with E-state index in [4.69, 9.17) is 16.6 Å². The molecule has 0 bridgehead atoms. The van der Waals surface area contributed by atoms with Gasteiger partial charge in [-0.15, -0.1) is 0 Å². The summed E-state index contributed by atoms with van der Waals surface area (Å²) in [5.41, 5.74) is 4.52. The third-order valence-corrected chi connectivity index (χ3v) is 6.03. The summed E-state index contributed by atoms with van der Waals surface area (Å²) in [4.78, 5) is 22.6. The molecular weight excluding hydrogens is 406 g/mol. The highest BCUT2D eigenvalue weighted by Crippen LogP contribution is 2.27. The Balaban J connectivity index is 1.43. The first-order chi connectivity index (χ1) is 15.2. The molecule has 5 rings (SSSR count). The maximum Gasteiger partial charge on any atom is 0.254 e. The second-order valence-electron chi connectivity index (χ2n) is 7.69. The minimum atomic E-state index is 0.0616. The average Bonchev–Trinajstić information content (AvgIpc) is 2.84. The lowest BCUT2D eigenvalue weighted by Gasteiger charge is -2.36. The van der Waals surface area contributed by atoms with Crippen LogP contribution in [0, 0.1) is 0 Å². The van der Waals surface area contributed by atoms with Crippen molar-refractivity contribution in [2.75, 3.05) is 31.1 Å². The Morgan fingerprint density at radius 3 is 2.23 bits per heavy atom. The Morgan fingerprint density at radius 2 is 1.48 bits per heavy atom. The molecule has 0 N–H and O–H groups in total. The van der Waals surface area contributed by atoms with Gasteiger partial charge in [-0.05, 0) is 36.4 Å². The highest BCUT2D eigenvalue weighted by atomic mass is 35.5. The van der Waals surface area contributed by atoms with Crippen molar-refractivity contribution in [1.29, 1.82) is 0 Å². The number of amides is 1. The van der Waals surface area contributed by atoms with Crippen molar-refractivity contribution in [2.45, 2.75) is 0 Å². The number of halogens is 1. The molecule has 0 aliphatic carbocycles. The zero-order chi connectivity index (χ0) is 21.2. The van der Waals surface area contributed by atoms with E-state index in [-0.39, 0.29) is 5.91 Å². The van der Waals surface area contributed by atoms with E-state index in [1.807, 2.05) is 89.8 Å². The van der Waals surface area contributed by atoms with Crippen molar-refractivity contribution >= 4 is 34.1 Å². The van der Waals surface area contributed by atoms with Gasteiger partial charge in [0.1, 0.15) is 0 Å². The van der Waals surface area contributed by atoms with Crippen LogP contribution in [0.3, 0.4) is 0 Å². The van der Waals surface area contributed by atoms with Gasteiger partial charge >= 0.3 is 0 Å². The second kappa shape index (κ2) is 8.40. The maximum absolute atomic E-state index is 13.5. The van der Waals surface area contributed by atoms with Crippen LogP contribution in [0.15, 0.2) is 84.9 Å². The van der Waals surface area contributed by atoms with Gasteiger partial charge in [-0.3, -0.25) is 4.79 Å². The third kappa shape index (κ3) is 3.99. The summed E-state index contributed by atoms with van der Waals surface area (Å²) in [6.45, 7) is 2.95. The van der Waals surface area contributed by atoms with Crippen LogP contribution in [0.25, 0.3) is 22.2 Å². The van der Waals surface area contributed by atoms with E-state index in [2.05, 4.69) is 4.90 Å². The molecule has 1 aliphatic rings. The van der Waals surface area contributed by atoms with Crippen molar-refractivity contribution in [3.05, 3.63) is 95.5 Å². The lowest BCUT2D eigenvalue weighted by Crippen LogP contribution is -2.48. The van der Waals surface area contributed by atoms with Gasteiger partial charge in [0, 0.05) is 47.8 Å². The quantitative estimate of drug-likeness (QED) is 0.432. The second-order valence-corrected chi connectivity index (χ2v) is 8.13. The van der Waals surface area contributed by atoms with E-state index in [9.17, 15) is 4.79 Å². The summed E-state index contributed by atoms with van der Waals surface area (Å²) in [5.74, 6) is 0.0616. The van der Waals surface area contributed by atoms with Crippen molar-refractivity contribution in [1.82, 2.24) is 9.88 Å². The summed E-state index contributed by atoms with van der Waals surface area (Å²) in [5, 5.41) is 1.63. The van der Waals surface area contributed by atoms with Gasteiger partial charge in [0.15, 0.2) is 0 Å². The van der Waals surface area contributed by atoms with E-state index in [1.165, 1.54) is 0 Å². The van der Waals surface area contributed by atoms with Gasteiger partial charge in [-0.1, -0.05) is 60.1 Å². The van der Waals surface area contributed by atoms with Crippen LogP contribution in [0.2, 0.25) is 5.02 Å². The number of para-hydroxylation sites is 1. The monoisotopic (exact) mass is 427 g/mol. The summed E-state index contributed by atoms with van der Waals surface area (Å²) in [6, 6.07) is 27.7. The van der Waals surface area contributed by atoms with Crippen LogP contribution in [-0.4, -0.2) is 42.0 Å². The highest BCUT2D eigenvalue weighted by Gasteiger charge is 2.24. The lowest BCUT2D eigenvalue weighted by atomic mass is 10.0. The first-order valence-corrected chi connectivity index (χ1v) is 10.8. The Hall–Kier alpha value is -3.37. The minimum absolute atomic E-state index is 0.0616. The SMILES string of the molecule is O=C(c1cc(-c2ccccc2)nc2ccccc12)N1CCN(c2ccc(Cl)cc2)CC1. The number of aromatic nitrogens is 1. The number of hydrogen-bond acceptors (Lipinski definition) is 3. The number of carbonyl (C=O) groups is 1. The molecule has 0 spiro atoms. The molecule has 0 atom stereocenters. The van der Waals surface area contributed by atoms with Crippen LogP contribution in [0.4, 0.5) is 5.69 Å². The van der Waals surface area contributed by atoms with Crippen LogP contribution >= 0.6 is 11.6 Å². The fourth-order valence-electron chi connectivity index (χ4n) is 4.10. The van der Waals surface area contributed by atoms with E-state index < -0.39 is 0 Å². The number of benzene rings is 3. The van der Waals surface area contributed by atoms with E-state index in [1.54, 1.807) is 0 Å². The van der Waals surface area contributed by atoms with E-state index in [0.717, 1.165) is 46.0 Å². The molecule has 0 unspecified atom stereocenters. The lowest BCUT2D eigenvalue weighted by molar-refractivity contribution is 0.0748. The average molecular weight is 428 g/mol. The topological polar surface area (TPSA) is 36.4 Å². The third-order valence-electron chi connectivity index (χ3n) is 5.77. The number of hydrogen-bond donors (Lipinski definition) is 0. The predicted molar refractivity (Wildman–Crippen MR) is 127 cm³/mol. The number of piperazine rings is 1. The van der Waals surface area contributed by atoms with Gasteiger partial charge in [0.25, 0.3) is 5.91 Å². The van der Waals surface area contributed by atoms with Crippen molar-refractivity contribution in [2.24, 2.45) is 0 Å². The van der Waals surface area contributed by atoms with Crippen LogP contribution in [0.1, 0.15) is 10.4 Å². The molecule has 0 radical (unpaired) electrons. The smallest absolute Gasteiger partial charge is 0.254 e. The molecule has 4 nitrogen and oxygen atoms in total. The van der Waals surface area contributed by atoms with E-state index >= 15 is 0 Å². The van der Waals surface area contributed by atoms with Crippen LogP contribution in [0.5, 0.6) is 0 Å². The van der Waals surface area contributed by atoms with Crippen molar-refractivity contribution in [3.63, 3.8) is 0 Å². The van der Waals surface area contributed by atoms with E-state index in [0.29, 0.717) is 18.7 Å². The number of nitrogens with zero attached hydrogens (tertiary/aromatic N) is 3. The fourth-order valence-corrected chi connectivity index (χ4v) is 4.23. The Morgan fingerprint density at radius 1 is 0.806 bits per heavy atom. The number of pyridine rings is 1. The van der Waals surface area contributed by atoms with Crippen molar-refractivity contribution < 1.29 is 4.79 Å². The molecule has 5 heteroatoms. The summed E-state index contributed by atoms with van der Waals surface area (Å²) >= 11 is 6.01. The number of rotatable bonds is 3. The van der Waals surface area contributed by atoms with Gasteiger partial charge in [-0.25, -0.2) is 4.98 Å². The van der Waals surface area contributed by atoms with Gasteiger partial charge in [0.05, 0.1) is 16.8 Å². The zero-order valence-corrected chi connectivity index (χ0v) is 17.8. The number of fused-ring (bicyclic) bond motifs is 1. The Kier molecular flexibility index (Phi) is 5.31. The molecule has 1 aliphatic heterocycles. The molecule has 3 aromatic carbocycles. The molecule has 1 aromatic heterocycles. The molecule has 1 saturated heterocycles. The molecule has 0 saturated carbocycles. The molecule has 2 heterocycles. The first kappa shape index (κ1) is 19.6. The summed E-state index contributed by atoms with van der Waals surface area (Å²) < 4.78 is 0. The van der Waals surface area contributed by atoms with Gasteiger partial charge in [0.2, 0.25) is 0 Å². The zero-order valence-electron chi connectivity index (χ0n) is 17.0. The Labute approximate surface area is 186 Å². The fraction of sp³-hybridized carbons (Fsp3) is 0.154. The molecular formula is C26H22ClN3O. The van der Waals surface area contributed by atoms with Crippen molar-refractivity contribution in [3.8, 4) is 11.3 Å². The van der Waals surface area contributed by atoms with Gasteiger partial charge in [-0.2, -0.15) is 0 Å². The summed E-state index contributed by atoms with van der Waals surface area (Å²) in [6.07, 6.45) is 0. The first-order valence-electron chi connectivity index (χ1n) is 10.4. The maximum atomic E-state index is 13.5. The number of carbonyl (C=O) groups excluding carboxylic acids is 1. The summed E-state index contributed by atoms with van der Waals surface area (Å²) in [7, 11) is 0. The molecule has 31 heavy (non-hydrogen) atoms. The molecule has 1 amide bonds. The van der Waals surface area contributed by atoms with Gasteiger partial charge < -0.3 is 9.80 Å². The molecule has 4 aromatic rings.